The van der Waals surface area contributed by atoms with Crippen molar-refractivity contribution in [1.82, 2.24) is 0 Å². The molecule has 1 aliphatic rings. The van der Waals surface area contributed by atoms with Crippen LogP contribution in [0.3, 0.4) is 0 Å². The minimum atomic E-state index is -1.44. The molecule has 0 unspecified atom stereocenters. The van der Waals surface area contributed by atoms with E-state index in [0.717, 1.165) is 22.5 Å². The number of rotatable bonds is 9. The van der Waals surface area contributed by atoms with Crippen LogP contribution in [0, 0.1) is 5.41 Å². The smallest absolute Gasteiger partial charge is 0.324 e. The van der Waals surface area contributed by atoms with E-state index in [2.05, 4.69) is 0 Å². The van der Waals surface area contributed by atoms with Crippen LogP contribution >= 0.6 is 0 Å². The molecule has 0 saturated carbocycles. The number of allylic oxidation sites excluding steroid dienone is 1. The standard InChI is InChI=1S/C22H28O7/c1-5-27-20(24)22(21(25)28-6-2)12-17(18(13-22)14-29-15(3)23)11-16-7-9-19(26-4)10-8-16/h7-10H,5-6,11-14H2,1-4H3. The average Bonchev–Trinajstić information content (AvgIpc) is 3.07. The molecule has 0 fully saturated rings. The van der Waals surface area contributed by atoms with Gasteiger partial charge in [-0.15, -0.1) is 0 Å². The van der Waals surface area contributed by atoms with Gasteiger partial charge in [0.05, 0.1) is 20.3 Å². The summed E-state index contributed by atoms with van der Waals surface area (Å²) in [5, 5.41) is 0. The van der Waals surface area contributed by atoms with Crippen LogP contribution in [0.25, 0.3) is 0 Å². The first-order chi connectivity index (χ1) is 13.9. The Hall–Kier alpha value is -2.83. The summed E-state index contributed by atoms with van der Waals surface area (Å²) in [7, 11) is 1.60. The Labute approximate surface area is 171 Å². The monoisotopic (exact) mass is 404 g/mol. The lowest BCUT2D eigenvalue weighted by Gasteiger charge is -2.25. The van der Waals surface area contributed by atoms with Gasteiger partial charge in [0.15, 0.2) is 5.41 Å². The summed E-state index contributed by atoms with van der Waals surface area (Å²) in [6, 6.07) is 7.54. The van der Waals surface area contributed by atoms with Crippen molar-refractivity contribution < 1.29 is 33.3 Å². The second kappa shape index (κ2) is 10.1. The van der Waals surface area contributed by atoms with Crippen LogP contribution in [-0.2, 0) is 35.0 Å². The molecule has 0 aliphatic heterocycles. The van der Waals surface area contributed by atoms with Crippen LogP contribution in [-0.4, -0.2) is 44.8 Å². The molecule has 158 valence electrons. The molecule has 0 saturated heterocycles. The van der Waals surface area contributed by atoms with Gasteiger partial charge in [0.2, 0.25) is 0 Å². The van der Waals surface area contributed by atoms with E-state index < -0.39 is 23.3 Å². The maximum absolute atomic E-state index is 12.8. The number of carbonyl (C=O) groups excluding carboxylic acids is 3. The highest BCUT2D eigenvalue weighted by atomic mass is 16.6. The van der Waals surface area contributed by atoms with Gasteiger partial charge in [-0.1, -0.05) is 17.7 Å². The van der Waals surface area contributed by atoms with Crippen LogP contribution in [0.2, 0.25) is 0 Å². The first-order valence-corrected chi connectivity index (χ1v) is 9.66. The van der Waals surface area contributed by atoms with E-state index in [4.69, 9.17) is 18.9 Å². The number of hydrogen-bond donors (Lipinski definition) is 0. The van der Waals surface area contributed by atoms with Crippen LogP contribution < -0.4 is 4.74 Å². The molecule has 7 heteroatoms. The van der Waals surface area contributed by atoms with E-state index in [9.17, 15) is 14.4 Å². The molecule has 7 nitrogen and oxygen atoms in total. The van der Waals surface area contributed by atoms with Gasteiger partial charge >= 0.3 is 17.9 Å². The van der Waals surface area contributed by atoms with E-state index in [1.165, 1.54) is 6.92 Å². The lowest BCUT2D eigenvalue weighted by atomic mass is 9.83. The van der Waals surface area contributed by atoms with Crippen LogP contribution in [0.15, 0.2) is 35.4 Å². The number of benzene rings is 1. The molecule has 0 atom stereocenters. The Bertz CT molecular complexity index is 759. The highest BCUT2D eigenvalue weighted by Crippen LogP contribution is 2.45. The van der Waals surface area contributed by atoms with Crippen molar-refractivity contribution in [3.05, 3.63) is 41.0 Å². The lowest BCUT2D eigenvalue weighted by molar-refractivity contribution is -0.171. The summed E-state index contributed by atoms with van der Waals surface area (Å²) in [5.74, 6) is -0.903. The van der Waals surface area contributed by atoms with Gasteiger partial charge in [0, 0.05) is 6.92 Å². The quantitative estimate of drug-likeness (QED) is 0.271. The molecular formula is C22H28O7. The third-order valence-corrected chi connectivity index (χ3v) is 4.89. The lowest BCUT2D eigenvalue weighted by Crippen LogP contribution is -2.40. The molecule has 0 amide bonds. The van der Waals surface area contributed by atoms with E-state index in [1.54, 1.807) is 21.0 Å². The van der Waals surface area contributed by atoms with Crippen LogP contribution in [0.5, 0.6) is 5.75 Å². The van der Waals surface area contributed by atoms with Gasteiger partial charge in [-0.05, 0) is 56.4 Å². The molecule has 0 radical (unpaired) electrons. The fourth-order valence-corrected chi connectivity index (χ4v) is 3.47. The summed E-state index contributed by atoms with van der Waals surface area (Å²) in [4.78, 5) is 36.9. The van der Waals surface area contributed by atoms with Crippen molar-refractivity contribution >= 4 is 17.9 Å². The first-order valence-electron chi connectivity index (χ1n) is 9.66. The van der Waals surface area contributed by atoms with Gasteiger partial charge < -0.3 is 18.9 Å². The second-order valence-corrected chi connectivity index (χ2v) is 6.89. The Morgan fingerprint density at radius 2 is 1.45 bits per heavy atom. The molecule has 0 spiro atoms. The number of ether oxygens (including phenoxy) is 4. The second-order valence-electron chi connectivity index (χ2n) is 6.89. The average molecular weight is 404 g/mol. The SMILES string of the molecule is CCOC(=O)C1(C(=O)OCC)CC(COC(C)=O)=C(Cc2ccc(OC)cc2)C1. The summed E-state index contributed by atoms with van der Waals surface area (Å²) >= 11 is 0. The van der Waals surface area contributed by atoms with Gasteiger partial charge in [0.25, 0.3) is 0 Å². The summed E-state index contributed by atoms with van der Waals surface area (Å²) in [6.07, 6.45) is 0.803. The molecular weight excluding hydrogens is 376 g/mol. The van der Waals surface area contributed by atoms with Crippen molar-refractivity contribution in [2.45, 2.75) is 40.0 Å². The Morgan fingerprint density at radius 3 is 1.93 bits per heavy atom. The van der Waals surface area contributed by atoms with Gasteiger partial charge in [-0.2, -0.15) is 0 Å². The minimum absolute atomic E-state index is 0.0291. The normalized spacial score (nSPS) is 15.0. The largest absolute Gasteiger partial charge is 0.497 e. The number of esters is 3. The molecule has 2 rings (SSSR count). The van der Waals surface area contributed by atoms with Gasteiger partial charge in [0.1, 0.15) is 12.4 Å². The summed E-state index contributed by atoms with van der Waals surface area (Å²) in [5.41, 5.74) is 1.17. The van der Waals surface area contributed by atoms with Crippen molar-refractivity contribution in [3.63, 3.8) is 0 Å². The van der Waals surface area contributed by atoms with E-state index in [-0.39, 0.29) is 32.7 Å². The minimum Gasteiger partial charge on any atom is -0.497 e. The molecule has 0 bridgehead atoms. The zero-order chi connectivity index (χ0) is 21.4. The maximum atomic E-state index is 12.8. The van der Waals surface area contributed by atoms with Crippen molar-refractivity contribution in [3.8, 4) is 5.75 Å². The van der Waals surface area contributed by atoms with Crippen molar-refractivity contribution in [2.24, 2.45) is 5.41 Å². The maximum Gasteiger partial charge on any atom is 0.324 e. The zero-order valence-electron chi connectivity index (χ0n) is 17.4. The van der Waals surface area contributed by atoms with E-state index in [0.29, 0.717) is 6.42 Å². The fourth-order valence-electron chi connectivity index (χ4n) is 3.47. The molecule has 1 aromatic rings. The number of carbonyl (C=O) groups is 3. The number of hydrogen-bond acceptors (Lipinski definition) is 7. The topological polar surface area (TPSA) is 88.1 Å². The highest BCUT2D eigenvalue weighted by molar-refractivity contribution is 6.01. The van der Waals surface area contributed by atoms with E-state index in [1.807, 2.05) is 24.3 Å². The summed E-state index contributed by atoms with van der Waals surface area (Å²) in [6.45, 7) is 5.05. The van der Waals surface area contributed by atoms with Crippen molar-refractivity contribution in [2.75, 3.05) is 26.9 Å². The highest BCUT2D eigenvalue weighted by Gasteiger charge is 2.53. The predicted molar refractivity (Wildman–Crippen MR) is 105 cm³/mol. The molecule has 1 aromatic carbocycles. The zero-order valence-corrected chi connectivity index (χ0v) is 17.4. The molecule has 1 aliphatic carbocycles. The Kier molecular flexibility index (Phi) is 7.82. The molecule has 29 heavy (non-hydrogen) atoms. The molecule has 0 aromatic heterocycles. The molecule has 0 heterocycles. The van der Waals surface area contributed by atoms with Gasteiger partial charge in [-0.25, -0.2) is 0 Å². The van der Waals surface area contributed by atoms with Crippen LogP contribution in [0.4, 0.5) is 0 Å². The van der Waals surface area contributed by atoms with E-state index >= 15 is 0 Å². The van der Waals surface area contributed by atoms with Gasteiger partial charge in [-0.3, -0.25) is 14.4 Å². The Morgan fingerprint density at radius 1 is 0.897 bits per heavy atom. The predicted octanol–water partition coefficient (Wildman–Crippen LogP) is 3.00. The first kappa shape index (κ1) is 22.5. The Balaban J connectivity index is 2.35. The van der Waals surface area contributed by atoms with Crippen LogP contribution in [0.1, 0.15) is 39.2 Å². The van der Waals surface area contributed by atoms with Crippen molar-refractivity contribution in [1.29, 1.82) is 0 Å². The number of methoxy groups -OCH3 is 1. The fraction of sp³-hybridized carbons (Fsp3) is 0.500. The summed E-state index contributed by atoms with van der Waals surface area (Å²) < 4.78 is 20.8. The molecule has 0 N–H and O–H groups in total. The third-order valence-electron chi connectivity index (χ3n) is 4.89. The third kappa shape index (κ3) is 5.37.